The van der Waals surface area contributed by atoms with Gasteiger partial charge < -0.3 is 4.79 Å². The van der Waals surface area contributed by atoms with Gasteiger partial charge >= 0.3 is 0 Å². The smallest absolute Gasteiger partial charge is 0.120 e. The van der Waals surface area contributed by atoms with E-state index in [-0.39, 0.29) is 0 Å². The minimum atomic E-state index is 0.630. The number of aryl methyl sites for hydroxylation is 3. The van der Waals surface area contributed by atoms with Gasteiger partial charge in [-0.2, -0.15) is 0 Å². The van der Waals surface area contributed by atoms with Crippen molar-refractivity contribution < 1.29 is 4.79 Å². The second kappa shape index (κ2) is 4.22. The van der Waals surface area contributed by atoms with Crippen LogP contribution in [0.5, 0.6) is 0 Å². The van der Waals surface area contributed by atoms with Gasteiger partial charge in [-0.25, -0.2) is 0 Å². The molecule has 0 atom stereocenters. The lowest BCUT2D eigenvalue weighted by atomic mass is 9.96. The molecule has 0 aliphatic carbocycles. The second-order valence-electron chi connectivity index (χ2n) is 3.58. The second-order valence-corrected chi connectivity index (χ2v) is 3.58. The largest absolute Gasteiger partial charge is 0.303 e. The molecule has 0 aliphatic rings. The third kappa shape index (κ3) is 2.41. The van der Waals surface area contributed by atoms with Gasteiger partial charge in [0.25, 0.3) is 0 Å². The Morgan fingerprint density at radius 1 is 1.15 bits per heavy atom. The van der Waals surface area contributed by atoms with Crippen molar-refractivity contribution in [3.8, 4) is 0 Å². The number of hydrogen-bond donors (Lipinski definition) is 0. The summed E-state index contributed by atoms with van der Waals surface area (Å²) in [4.78, 5) is 10.3. The van der Waals surface area contributed by atoms with Crippen LogP contribution in [0.3, 0.4) is 0 Å². The van der Waals surface area contributed by atoms with Gasteiger partial charge in [0.15, 0.2) is 0 Å². The summed E-state index contributed by atoms with van der Waals surface area (Å²) in [6.07, 6.45) is 2.49. The average Bonchev–Trinajstić information content (AvgIpc) is 2.02. The number of carbonyl (C=O) groups excluding carboxylic acids is 1. The highest BCUT2D eigenvalue weighted by Gasteiger charge is 2.02. The third-order valence-electron chi connectivity index (χ3n) is 2.35. The normalized spacial score (nSPS) is 10.1. The molecular formula is C12H16O. The predicted molar refractivity (Wildman–Crippen MR) is 55.0 cm³/mol. The summed E-state index contributed by atoms with van der Waals surface area (Å²) in [5, 5.41) is 0. The fourth-order valence-corrected chi connectivity index (χ4v) is 1.81. The Bertz CT molecular complexity index is 290. The van der Waals surface area contributed by atoms with Crippen molar-refractivity contribution in [1.82, 2.24) is 0 Å². The molecule has 0 spiro atoms. The van der Waals surface area contributed by atoms with Crippen molar-refractivity contribution in [2.45, 2.75) is 33.6 Å². The first kappa shape index (κ1) is 9.97. The first-order valence-electron chi connectivity index (χ1n) is 4.65. The summed E-state index contributed by atoms with van der Waals surface area (Å²) >= 11 is 0. The van der Waals surface area contributed by atoms with Crippen LogP contribution >= 0.6 is 0 Å². The molecule has 1 aromatic carbocycles. The summed E-state index contributed by atoms with van der Waals surface area (Å²) in [5.41, 5.74) is 5.24. The van der Waals surface area contributed by atoms with Crippen LogP contribution in [0.1, 0.15) is 28.7 Å². The number of benzene rings is 1. The predicted octanol–water partition coefficient (Wildman–Crippen LogP) is 2.74. The van der Waals surface area contributed by atoms with Gasteiger partial charge in [0.1, 0.15) is 6.29 Å². The Morgan fingerprint density at radius 3 is 2.15 bits per heavy atom. The molecule has 0 heterocycles. The molecule has 0 unspecified atom stereocenters. The Balaban J connectivity index is 2.98. The van der Waals surface area contributed by atoms with Crippen molar-refractivity contribution in [3.05, 3.63) is 34.4 Å². The van der Waals surface area contributed by atoms with Gasteiger partial charge in [-0.1, -0.05) is 17.7 Å². The van der Waals surface area contributed by atoms with Gasteiger partial charge in [-0.3, -0.25) is 0 Å². The fraction of sp³-hybridized carbons (Fsp3) is 0.417. The molecule has 0 aliphatic heterocycles. The lowest BCUT2D eigenvalue weighted by Crippen LogP contribution is -1.95. The highest BCUT2D eigenvalue weighted by molar-refractivity contribution is 5.51. The Kier molecular flexibility index (Phi) is 3.24. The molecule has 70 valence electrons. The van der Waals surface area contributed by atoms with Crippen LogP contribution in [0.4, 0.5) is 0 Å². The van der Waals surface area contributed by atoms with Crippen LogP contribution < -0.4 is 0 Å². The van der Waals surface area contributed by atoms with E-state index in [1.54, 1.807) is 0 Å². The summed E-state index contributed by atoms with van der Waals surface area (Å²) in [7, 11) is 0. The van der Waals surface area contributed by atoms with Crippen molar-refractivity contribution in [2.75, 3.05) is 0 Å². The fourth-order valence-electron chi connectivity index (χ4n) is 1.81. The van der Waals surface area contributed by atoms with Gasteiger partial charge in [-0.15, -0.1) is 0 Å². The van der Waals surface area contributed by atoms with Crippen molar-refractivity contribution in [3.63, 3.8) is 0 Å². The molecule has 1 heteroatoms. The van der Waals surface area contributed by atoms with Crippen LogP contribution in [0.2, 0.25) is 0 Å². The molecule has 0 saturated carbocycles. The van der Waals surface area contributed by atoms with Gasteiger partial charge in [-0.05, 0) is 43.9 Å². The van der Waals surface area contributed by atoms with E-state index in [9.17, 15) is 4.79 Å². The Labute approximate surface area is 79.8 Å². The first-order valence-corrected chi connectivity index (χ1v) is 4.65. The summed E-state index contributed by atoms with van der Waals surface area (Å²) < 4.78 is 0. The van der Waals surface area contributed by atoms with Crippen molar-refractivity contribution in [2.24, 2.45) is 0 Å². The lowest BCUT2D eigenvalue weighted by Gasteiger charge is -2.09. The van der Waals surface area contributed by atoms with Crippen LogP contribution in [0.25, 0.3) is 0 Å². The lowest BCUT2D eigenvalue weighted by molar-refractivity contribution is -0.107. The average molecular weight is 176 g/mol. The van der Waals surface area contributed by atoms with E-state index in [4.69, 9.17) is 0 Å². The zero-order chi connectivity index (χ0) is 9.84. The maximum Gasteiger partial charge on any atom is 0.120 e. The molecule has 1 aromatic rings. The topological polar surface area (TPSA) is 17.1 Å². The number of hydrogen-bond acceptors (Lipinski definition) is 1. The number of rotatable bonds is 3. The SMILES string of the molecule is Cc1cc(C)c(CCC=O)c(C)c1. The zero-order valence-electron chi connectivity index (χ0n) is 8.55. The first-order chi connectivity index (χ1) is 6.15. The van der Waals surface area contributed by atoms with E-state index in [1.165, 1.54) is 22.3 Å². The van der Waals surface area contributed by atoms with E-state index in [0.717, 1.165) is 12.7 Å². The van der Waals surface area contributed by atoms with Crippen molar-refractivity contribution >= 4 is 6.29 Å². The molecule has 0 saturated heterocycles. The maximum absolute atomic E-state index is 10.3. The highest BCUT2D eigenvalue weighted by atomic mass is 16.1. The number of aldehydes is 1. The monoisotopic (exact) mass is 176 g/mol. The standard InChI is InChI=1S/C12H16O/c1-9-7-10(2)12(5-4-6-13)11(3)8-9/h6-8H,4-5H2,1-3H3. The van der Waals surface area contributed by atoms with Crippen molar-refractivity contribution in [1.29, 1.82) is 0 Å². The molecule has 1 rings (SSSR count). The third-order valence-corrected chi connectivity index (χ3v) is 2.35. The van der Waals surface area contributed by atoms with Crippen LogP contribution in [0.15, 0.2) is 12.1 Å². The minimum absolute atomic E-state index is 0.630. The summed E-state index contributed by atoms with van der Waals surface area (Å²) in [6.45, 7) is 6.32. The molecule has 0 fully saturated rings. The highest BCUT2D eigenvalue weighted by Crippen LogP contribution is 2.17. The van der Waals surface area contributed by atoms with Crippen LogP contribution in [-0.2, 0) is 11.2 Å². The van der Waals surface area contributed by atoms with E-state index in [1.807, 2.05) is 0 Å². The van der Waals surface area contributed by atoms with Gasteiger partial charge in [0, 0.05) is 6.42 Å². The zero-order valence-corrected chi connectivity index (χ0v) is 8.55. The van der Waals surface area contributed by atoms with E-state index in [2.05, 4.69) is 32.9 Å². The molecule has 0 bridgehead atoms. The molecule has 0 N–H and O–H groups in total. The van der Waals surface area contributed by atoms with E-state index < -0.39 is 0 Å². The van der Waals surface area contributed by atoms with E-state index in [0.29, 0.717) is 6.42 Å². The Hall–Kier alpha value is -1.11. The quantitative estimate of drug-likeness (QED) is 0.647. The van der Waals surface area contributed by atoms with Gasteiger partial charge in [0.05, 0.1) is 0 Å². The summed E-state index contributed by atoms with van der Waals surface area (Å²) in [6, 6.07) is 4.35. The summed E-state index contributed by atoms with van der Waals surface area (Å²) in [5.74, 6) is 0. The maximum atomic E-state index is 10.3. The number of carbonyl (C=O) groups is 1. The Morgan fingerprint density at radius 2 is 1.69 bits per heavy atom. The molecule has 0 aromatic heterocycles. The van der Waals surface area contributed by atoms with E-state index >= 15 is 0 Å². The molecule has 0 radical (unpaired) electrons. The molecule has 0 amide bonds. The van der Waals surface area contributed by atoms with Crippen LogP contribution in [0, 0.1) is 20.8 Å². The minimum Gasteiger partial charge on any atom is -0.303 e. The van der Waals surface area contributed by atoms with Gasteiger partial charge in [0.2, 0.25) is 0 Å². The molecular weight excluding hydrogens is 160 g/mol. The molecule has 13 heavy (non-hydrogen) atoms. The molecule has 1 nitrogen and oxygen atoms in total. The van der Waals surface area contributed by atoms with Crippen LogP contribution in [-0.4, -0.2) is 6.29 Å².